The molecule has 7 heteroatoms. The average Bonchev–Trinajstić information content (AvgIpc) is 2.65. The summed E-state index contributed by atoms with van der Waals surface area (Å²) in [5.41, 5.74) is 3.07. The van der Waals surface area contributed by atoms with Gasteiger partial charge in [-0.15, -0.1) is 11.6 Å². The summed E-state index contributed by atoms with van der Waals surface area (Å²) in [4.78, 5) is 4.58. The lowest BCUT2D eigenvalue weighted by atomic mass is 10.2. The minimum atomic E-state index is -3.17. The van der Waals surface area contributed by atoms with Crippen molar-refractivity contribution >= 4 is 32.7 Å². The van der Waals surface area contributed by atoms with E-state index in [1.807, 2.05) is 29.7 Å². The van der Waals surface area contributed by atoms with Gasteiger partial charge < -0.3 is 4.57 Å². The van der Waals surface area contributed by atoms with E-state index >= 15 is 0 Å². The van der Waals surface area contributed by atoms with Crippen molar-refractivity contribution in [3.8, 4) is 0 Å². The van der Waals surface area contributed by atoms with Crippen LogP contribution in [0, 0.1) is 6.92 Å². The number of imidazole rings is 1. The van der Waals surface area contributed by atoms with Crippen LogP contribution >= 0.6 is 11.6 Å². The van der Waals surface area contributed by atoms with Crippen molar-refractivity contribution in [3.05, 3.63) is 29.6 Å². The van der Waals surface area contributed by atoms with E-state index in [0.717, 1.165) is 28.7 Å². The van der Waals surface area contributed by atoms with Gasteiger partial charge in [-0.1, -0.05) is 6.07 Å². The maximum absolute atomic E-state index is 11.1. The van der Waals surface area contributed by atoms with E-state index in [-0.39, 0.29) is 0 Å². The first-order valence-electron chi connectivity index (χ1n) is 6.37. The summed E-state index contributed by atoms with van der Waals surface area (Å²) in [5, 5.41) is 0. The van der Waals surface area contributed by atoms with Gasteiger partial charge >= 0.3 is 0 Å². The molecule has 1 aromatic carbocycles. The van der Waals surface area contributed by atoms with Crippen LogP contribution in [0.1, 0.15) is 11.4 Å². The Bertz CT molecular complexity index is 710. The molecule has 0 fully saturated rings. The third kappa shape index (κ3) is 3.71. The zero-order valence-corrected chi connectivity index (χ0v) is 13.1. The molecule has 0 saturated heterocycles. The molecule has 0 aliphatic heterocycles. The highest BCUT2D eigenvalue weighted by Gasteiger charge is 2.11. The lowest BCUT2D eigenvalue weighted by Gasteiger charge is -2.09. The van der Waals surface area contributed by atoms with Crippen LogP contribution in [-0.2, 0) is 23.0 Å². The molecule has 0 amide bonds. The summed E-state index contributed by atoms with van der Waals surface area (Å²) in [6.07, 6.45) is 1.82. The van der Waals surface area contributed by atoms with Gasteiger partial charge in [-0.3, -0.25) is 0 Å². The Balaban J connectivity index is 2.31. The lowest BCUT2D eigenvalue weighted by Crippen LogP contribution is -2.26. The van der Waals surface area contributed by atoms with Crippen molar-refractivity contribution in [3.63, 3.8) is 0 Å². The van der Waals surface area contributed by atoms with E-state index < -0.39 is 10.0 Å². The van der Waals surface area contributed by atoms with Crippen LogP contribution in [-0.4, -0.2) is 36.6 Å². The van der Waals surface area contributed by atoms with Gasteiger partial charge in [0.1, 0.15) is 5.82 Å². The number of benzene rings is 1. The molecule has 1 aromatic heterocycles. The highest BCUT2D eigenvalue weighted by molar-refractivity contribution is 7.88. The largest absolute Gasteiger partial charge is 0.327 e. The number of nitrogens with zero attached hydrogens (tertiary/aromatic N) is 2. The molecule has 0 unspecified atom stereocenters. The molecule has 0 spiro atoms. The van der Waals surface area contributed by atoms with Crippen LogP contribution in [0.15, 0.2) is 18.2 Å². The number of hydrogen-bond donors (Lipinski definition) is 1. The molecule has 110 valence electrons. The summed E-state index contributed by atoms with van der Waals surface area (Å²) >= 11 is 5.81. The second kappa shape index (κ2) is 6.11. The predicted octanol–water partition coefficient (Wildman–Crippen LogP) is 1.68. The van der Waals surface area contributed by atoms with Gasteiger partial charge in [-0.05, 0) is 24.6 Å². The van der Waals surface area contributed by atoms with E-state index in [0.29, 0.717) is 25.4 Å². The number of nitrogens with one attached hydrogen (secondary N) is 1. The smallest absolute Gasteiger partial charge is 0.208 e. The van der Waals surface area contributed by atoms with Crippen molar-refractivity contribution in [2.24, 2.45) is 0 Å². The molecule has 0 radical (unpaired) electrons. The van der Waals surface area contributed by atoms with Crippen LogP contribution in [0.2, 0.25) is 0 Å². The third-order valence-electron chi connectivity index (χ3n) is 3.00. The van der Waals surface area contributed by atoms with Gasteiger partial charge in [0.15, 0.2) is 0 Å². The molecule has 5 nitrogen and oxygen atoms in total. The van der Waals surface area contributed by atoms with E-state index in [4.69, 9.17) is 11.6 Å². The highest BCUT2D eigenvalue weighted by Crippen LogP contribution is 2.18. The molecule has 0 aliphatic carbocycles. The number of halogens is 1. The molecule has 1 N–H and O–H groups in total. The summed E-state index contributed by atoms with van der Waals surface area (Å²) in [6, 6.07) is 6.05. The van der Waals surface area contributed by atoms with Gasteiger partial charge in [0.25, 0.3) is 0 Å². The highest BCUT2D eigenvalue weighted by atomic mass is 35.5. The predicted molar refractivity (Wildman–Crippen MR) is 81.7 cm³/mol. The first kappa shape index (κ1) is 15.3. The number of hydrogen-bond acceptors (Lipinski definition) is 3. The van der Waals surface area contributed by atoms with Crippen molar-refractivity contribution in [1.82, 2.24) is 14.3 Å². The Hall–Kier alpha value is -1.11. The van der Waals surface area contributed by atoms with Crippen LogP contribution in [0.3, 0.4) is 0 Å². The molecular weight excluding hydrogens is 298 g/mol. The van der Waals surface area contributed by atoms with E-state index in [2.05, 4.69) is 9.71 Å². The topological polar surface area (TPSA) is 64.0 Å². The van der Waals surface area contributed by atoms with Crippen LogP contribution in [0.25, 0.3) is 11.0 Å². The first-order chi connectivity index (χ1) is 9.40. The van der Waals surface area contributed by atoms with Gasteiger partial charge in [0, 0.05) is 25.4 Å². The molecule has 0 saturated carbocycles. The summed E-state index contributed by atoms with van der Waals surface area (Å²) < 4.78 is 26.8. The molecule has 0 aliphatic rings. The van der Waals surface area contributed by atoms with E-state index in [9.17, 15) is 8.42 Å². The Kier molecular flexibility index (Phi) is 4.67. The fourth-order valence-electron chi connectivity index (χ4n) is 2.16. The molecule has 2 aromatic rings. The second-order valence-corrected chi connectivity index (χ2v) is 6.99. The lowest BCUT2D eigenvalue weighted by molar-refractivity contribution is 0.577. The Morgan fingerprint density at radius 3 is 2.80 bits per heavy atom. The monoisotopic (exact) mass is 315 g/mol. The van der Waals surface area contributed by atoms with Gasteiger partial charge in [-0.25, -0.2) is 18.1 Å². The maximum Gasteiger partial charge on any atom is 0.208 e. The zero-order chi connectivity index (χ0) is 14.8. The Morgan fingerprint density at radius 2 is 2.15 bits per heavy atom. The minimum Gasteiger partial charge on any atom is -0.327 e. The third-order valence-corrected chi connectivity index (χ3v) is 3.92. The quantitative estimate of drug-likeness (QED) is 0.825. The van der Waals surface area contributed by atoms with Gasteiger partial charge in [0.2, 0.25) is 10.0 Å². The molecule has 1 heterocycles. The van der Waals surface area contributed by atoms with Crippen molar-refractivity contribution in [2.45, 2.75) is 19.9 Å². The van der Waals surface area contributed by atoms with Crippen LogP contribution < -0.4 is 4.72 Å². The fraction of sp³-hybridized carbons (Fsp3) is 0.462. The van der Waals surface area contributed by atoms with Gasteiger partial charge in [0.05, 0.1) is 17.3 Å². The molecular formula is C13H18ClN3O2S. The molecule has 2 rings (SSSR count). The Morgan fingerprint density at radius 1 is 1.40 bits per heavy atom. The van der Waals surface area contributed by atoms with Crippen molar-refractivity contribution in [1.29, 1.82) is 0 Å². The molecule has 20 heavy (non-hydrogen) atoms. The minimum absolute atomic E-state index is 0.341. The molecule has 0 bridgehead atoms. The van der Waals surface area contributed by atoms with E-state index in [1.165, 1.54) is 0 Å². The SMILES string of the molecule is Cc1ccc2c(c1)nc(CCCl)n2CCNS(C)(=O)=O. The number of alkyl halides is 1. The van der Waals surface area contributed by atoms with Crippen LogP contribution in [0.5, 0.6) is 0 Å². The van der Waals surface area contributed by atoms with Crippen LogP contribution in [0.4, 0.5) is 0 Å². The fourth-order valence-corrected chi connectivity index (χ4v) is 2.79. The summed E-state index contributed by atoms with van der Waals surface area (Å²) in [6.45, 7) is 2.90. The zero-order valence-electron chi connectivity index (χ0n) is 11.6. The average molecular weight is 316 g/mol. The Labute approximate surface area is 124 Å². The number of fused-ring (bicyclic) bond motifs is 1. The number of rotatable bonds is 6. The second-order valence-electron chi connectivity index (χ2n) is 4.78. The number of aromatic nitrogens is 2. The summed E-state index contributed by atoms with van der Waals surface area (Å²) in [7, 11) is -3.17. The van der Waals surface area contributed by atoms with Crippen molar-refractivity contribution < 1.29 is 8.42 Å². The maximum atomic E-state index is 11.1. The molecule has 0 atom stereocenters. The van der Waals surface area contributed by atoms with Gasteiger partial charge in [-0.2, -0.15) is 0 Å². The number of sulfonamides is 1. The first-order valence-corrected chi connectivity index (χ1v) is 8.79. The summed E-state index contributed by atoms with van der Waals surface area (Å²) in [5.74, 6) is 1.37. The standard InChI is InChI=1S/C13H18ClN3O2S/c1-10-3-4-12-11(9-10)16-13(5-6-14)17(12)8-7-15-20(2,18)19/h3-4,9,15H,5-8H2,1-2H3. The normalized spacial score (nSPS) is 12.2. The van der Waals surface area contributed by atoms with E-state index in [1.54, 1.807) is 0 Å². The number of aryl methyl sites for hydroxylation is 2. The van der Waals surface area contributed by atoms with Crippen molar-refractivity contribution in [2.75, 3.05) is 18.7 Å².